The SMILES string of the molecule is COc1nc(NC(=O)NS(=O)(=O)c2ccccc2C(F)(F)F)nc(C(F)F)n1.[H-].[Na+]. The molecule has 0 aliphatic rings. The first kappa shape index (κ1) is 24.9. The van der Waals surface area contributed by atoms with E-state index in [1.807, 2.05) is 0 Å². The summed E-state index contributed by atoms with van der Waals surface area (Å²) in [5.74, 6) is -1.88. The molecule has 0 aliphatic carbocycles. The Balaban J connectivity index is 0.00000420. The molecule has 29 heavy (non-hydrogen) atoms. The largest absolute Gasteiger partial charge is 1.00 e. The number of hydrogen-bond acceptors (Lipinski definition) is 7. The molecule has 2 aromatic rings. The van der Waals surface area contributed by atoms with Crippen LogP contribution in [0.3, 0.4) is 0 Å². The molecule has 154 valence electrons. The summed E-state index contributed by atoms with van der Waals surface area (Å²) >= 11 is 0. The quantitative estimate of drug-likeness (QED) is 0.463. The Hall–Kier alpha value is -2.10. The van der Waals surface area contributed by atoms with Crippen molar-refractivity contribution in [2.24, 2.45) is 0 Å². The first-order valence-corrected chi connectivity index (χ1v) is 8.50. The molecule has 0 saturated carbocycles. The van der Waals surface area contributed by atoms with Gasteiger partial charge in [0.2, 0.25) is 11.8 Å². The molecule has 16 heteroatoms. The van der Waals surface area contributed by atoms with E-state index in [0.717, 1.165) is 19.2 Å². The summed E-state index contributed by atoms with van der Waals surface area (Å²) in [6.45, 7) is 0. The normalized spacial score (nSPS) is 11.6. The molecule has 1 heterocycles. The summed E-state index contributed by atoms with van der Waals surface area (Å²) in [4.78, 5) is 20.4. The molecule has 0 atom stereocenters. The molecule has 0 aliphatic heterocycles. The molecule has 9 nitrogen and oxygen atoms in total. The maximum Gasteiger partial charge on any atom is 1.00 e. The first-order chi connectivity index (χ1) is 12.9. The summed E-state index contributed by atoms with van der Waals surface area (Å²) in [7, 11) is -3.93. The van der Waals surface area contributed by atoms with Gasteiger partial charge in [0.15, 0.2) is 0 Å². The third kappa shape index (κ3) is 6.45. The molecule has 0 spiro atoms. The average molecular weight is 451 g/mol. The molecule has 0 saturated heterocycles. The van der Waals surface area contributed by atoms with Crippen molar-refractivity contribution in [1.29, 1.82) is 0 Å². The van der Waals surface area contributed by atoms with Gasteiger partial charge < -0.3 is 6.16 Å². The van der Waals surface area contributed by atoms with E-state index in [9.17, 15) is 35.2 Å². The number of hydrogen-bond donors (Lipinski definition) is 2. The molecule has 0 unspecified atom stereocenters. The van der Waals surface area contributed by atoms with Gasteiger partial charge in [-0.1, -0.05) is 12.1 Å². The van der Waals surface area contributed by atoms with Crippen LogP contribution in [-0.2, 0) is 16.2 Å². The summed E-state index contributed by atoms with van der Waals surface area (Å²) in [5, 5.41) is 1.71. The van der Waals surface area contributed by atoms with Gasteiger partial charge in [-0.25, -0.2) is 26.7 Å². The average Bonchev–Trinajstić information content (AvgIpc) is 2.60. The number of urea groups is 1. The van der Waals surface area contributed by atoms with E-state index >= 15 is 0 Å². The van der Waals surface area contributed by atoms with Crippen molar-refractivity contribution in [3.8, 4) is 6.01 Å². The van der Waals surface area contributed by atoms with Gasteiger partial charge in [-0.15, -0.1) is 0 Å². The standard InChI is InChI=1S/C13H10F5N5O4S.Na.H/c1-27-12-20-9(8(14)15)19-10(22-12)21-11(24)23-28(25,26)7-5-3-2-4-6(7)13(16,17)18;;/h2-5,8H,1H3,(H2,19,20,21,22,23,24);;/q;+1;-1. The minimum atomic E-state index is -5.00. The van der Waals surface area contributed by atoms with Crippen molar-refractivity contribution in [1.82, 2.24) is 19.7 Å². The zero-order valence-corrected chi connectivity index (χ0v) is 17.5. The van der Waals surface area contributed by atoms with Gasteiger partial charge >= 0.3 is 47.8 Å². The van der Waals surface area contributed by atoms with Gasteiger partial charge in [0, 0.05) is 0 Å². The number of rotatable bonds is 5. The molecule has 0 fully saturated rings. The van der Waals surface area contributed by atoms with Crippen LogP contribution in [0, 0.1) is 0 Å². The van der Waals surface area contributed by atoms with Crippen LogP contribution < -0.4 is 44.3 Å². The van der Waals surface area contributed by atoms with Crippen molar-refractivity contribution in [3.63, 3.8) is 0 Å². The number of aromatic nitrogens is 3. The number of methoxy groups -OCH3 is 1. The van der Waals surface area contributed by atoms with Crippen molar-refractivity contribution >= 4 is 22.0 Å². The number of ether oxygens (including phenoxy) is 1. The number of sulfonamides is 1. The predicted molar refractivity (Wildman–Crippen MR) is 83.2 cm³/mol. The fourth-order valence-corrected chi connectivity index (χ4v) is 2.99. The van der Waals surface area contributed by atoms with Crippen LogP contribution in [0.2, 0.25) is 0 Å². The van der Waals surface area contributed by atoms with Crippen LogP contribution in [-0.4, -0.2) is 36.5 Å². The van der Waals surface area contributed by atoms with E-state index in [0.29, 0.717) is 12.1 Å². The van der Waals surface area contributed by atoms with Crippen molar-refractivity contribution in [2.45, 2.75) is 17.5 Å². The Labute approximate surface area is 183 Å². The fraction of sp³-hybridized carbons (Fsp3) is 0.231. The zero-order chi connectivity index (χ0) is 21.1. The predicted octanol–water partition coefficient (Wildman–Crippen LogP) is -0.537. The molecular formula is C13H11F5N5NaO4S. The molecule has 1 aromatic heterocycles. The number of alkyl halides is 5. The van der Waals surface area contributed by atoms with Gasteiger partial charge in [-0.2, -0.15) is 28.1 Å². The zero-order valence-electron chi connectivity index (χ0n) is 15.7. The Bertz CT molecular complexity index is 996. The minimum absolute atomic E-state index is 0. The third-order valence-electron chi connectivity index (χ3n) is 2.94. The van der Waals surface area contributed by atoms with Crippen LogP contribution in [0.1, 0.15) is 19.2 Å². The van der Waals surface area contributed by atoms with Gasteiger partial charge in [-0.05, 0) is 12.1 Å². The van der Waals surface area contributed by atoms with Crippen LogP contribution in [0.5, 0.6) is 6.01 Å². The Morgan fingerprint density at radius 2 is 1.79 bits per heavy atom. The van der Waals surface area contributed by atoms with Crippen LogP contribution >= 0.6 is 0 Å². The van der Waals surface area contributed by atoms with Crippen molar-refractivity contribution in [3.05, 3.63) is 35.7 Å². The monoisotopic (exact) mass is 451 g/mol. The first-order valence-electron chi connectivity index (χ1n) is 7.02. The second-order valence-corrected chi connectivity index (χ2v) is 6.51. The Morgan fingerprint density at radius 3 is 2.34 bits per heavy atom. The van der Waals surface area contributed by atoms with Gasteiger partial charge in [0.1, 0.15) is 0 Å². The van der Waals surface area contributed by atoms with Gasteiger partial charge in [0.25, 0.3) is 16.4 Å². The van der Waals surface area contributed by atoms with E-state index in [2.05, 4.69) is 19.7 Å². The Kier molecular flexibility index (Phi) is 8.25. The Morgan fingerprint density at radius 1 is 1.17 bits per heavy atom. The number of halogens is 5. The number of nitrogens with one attached hydrogen (secondary N) is 2. The van der Waals surface area contributed by atoms with E-state index < -0.39 is 56.9 Å². The molecule has 0 bridgehead atoms. The van der Waals surface area contributed by atoms with E-state index in [1.54, 1.807) is 5.32 Å². The van der Waals surface area contributed by atoms with E-state index in [-0.39, 0.29) is 31.0 Å². The summed E-state index contributed by atoms with van der Waals surface area (Å²) in [5.41, 5.74) is -1.50. The summed E-state index contributed by atoms with van der Waals surface area (Å²) in [6.07, 6.45) is -8.17. The van der Waals surface area contributed by atoms with E-state index in [1.165, 1.54) is 4.72 Å². The maximum atomic E-state index is 13.0. The van der Waals surface area contributed by atoms with Crippen molar-refractivity contribution in [2.75, 3.05) is 12.4 Å². The third-order valence-corrected chi connectivity index (χ3v) is 4.33. The molecule has 1 aromatic carbocycles. The summed E-state index contributed by atoms with van der Waals surface area (Å²) < 4.78 is 94.4. The smallest absolute Gasteiger partial charge is 1.00 e. The molecule has 2 amide bonds. The number of benzene rings is 1. The minimum Gasteiger partial charge on any atom is -1.00 e. The summed E-state index contributed by atoms with van der Waals surface area (Å²) in [6, 6.07) is 0.937. The molecule has 2 N–H and O–H groups in total. The maximum absolute atomic E-state index is 13.0. The van der Waals surface area contributed by atoms with Crippen molar-refractivity contribution < 1.29 is 70.9 Å². The van der Waals surface area contributed by atoms with Gasteiger partial charge in [-0.3, -0.25) is 5.32 Å². The second-order valence-electron chi connectivity index (χ2n) is 4.86. The fourth-order valence-electron chi connectivity index (χ4n) is 1.86. The van der Waals surface area contributed by atoms with Crippen LogP contribution in [0.25, 0.3) is 0 Å². The van der Waals surface area contributed by atoms with Crippen LogP contribution in [0.4, 0.5) is 32.7 Å². The molecular weight excluding hydrogens is 440 g/mol. The number of carbonyl (C=O) groups is 1. The number of amides is 2. The molecule has 0 radical (unpaired) electrons. The second kappa shape index (κ2) is 9.60. The van der Waals surface area contributed by atoms with Gasteiger partial charge in [0.05, 0.1) is 17.6 Å². The van der Waals surface area contributed by atoms with Crippen LogP contribution in [0.15, 0.2) is 29.2 Å². The number of nitrogens with zero attached hydrogens (tertiary/aromatic N) is 3. The topological polar surface area (TPSA) is 123 Å². The molecule has 2 rings (SSSR count). The van der Waals surface area contributed by atoms with E-state index in [4.69, 9.17) is 0 Å². The number of carbonyl (C=O) groups excluding carboxylic acids is 1. The number of anilines is 1.